The average Bonchev–Trinajstić information content (AvgIpc) is 2.67. The van der Waals surface area contributed by atoms with Crippen LogP contribution in [0, 0.1) is 0 Å². The molecule has 2 heterocycles. The zero-order valence-electron chi connectivity index (χ0n) is 7.30. The maximum atomic E-state index is 10.8. The van der Waals surface area contributed by atoms with E-state index in [1.807, 2.05) is 5.38 Å². The number of primary amides is 1. The van der Waals surface area contributed by atoms with Gasteiger partial charge >= 0.3 is 0 Å². The molecule has 14 heavy (non-hydrogen) atoms. The summed E-state index contributed by atoms with van der Waals surface area (Å²) >= 11 is 1.47. The predicted octanol–water partition coefficient (Wildman–Crippen LogP) is -0.0841. The lowest BCUT2D eigenvalue weighted by atomic mass is 10.3. The number of thiazole rings is 1. The summed E-state index contributed by atoms with van der Waals surface area (Å²) in [5.41, 5.74) is 5.88. The van der Waals surface area contributed by atoms with Crippen LogP contribution in [-0.2, 0) is 17.8 Å². The molecule has 2 aromatic heterocycles. The van der Waals surface area contributed by atoms with E-state index in [9.17, 15) is 4.79 Å². The van der Waals surface area contributed by atoms with Crippen molar-refractivity contribution in [3.05, 3.63) is 23.1 Å². The van der Waals surface area contributed by atoms with Gasteiger partial charge in [-0.05, 0) is 0 Å². The van der Waals surface area contributed by atoms with Crippen molar-refractivity contribution in [2.75, 3.05) is 0 Å². The monoisotopic (exact) mass is 211 g/mol. The van der Waals surface area contributed by atoms with Crippen molar-refractivity contribution in [2.45, 2.75) is 13.0 Å². The molecule has 0 bridgehead atoms. The summed E-state index contributed by atoms with van der Waals surface area (Å²) in [6.07, 6.45) is 1.84. The van der Waals surface area contributed by atoms with Gasteiger partial charge in [0.2, 0.25) is 5.91 Å². The second kappa shape index (κ2) is 3.39. The van der Waals surface area contributed by atoms with Crippen LogP contribution in [0.15, 0.2) is 11.6 Å². The minimum Gasteiger partial charge on any atom is -0.388 e. The number of fused-ring (bicyclic) bond motifs is 1. The van der Waals surface area contributed by atoms with Gasteiger partial charge in [0.05, 0.1) is 12.6 Å². The third-order valence-corrected chi connectivity index (χ3v) is 2.82. The van der Waals surface area contributed by atoms with E-state index in [0.29, 0.717) is 5.82 Å². The van der Waals surface area contributed by atoms with E-state index in [1.54, 1.807) is 10.6 Å². The van der Waals surface area contributed by atoms with Gasteiger partial charge in [-0.25, -0.2) is 4.98 Å². The summed E-state index contributed by atoms with van der Waals surface area (Å²) in [6, 6.07) is 0. The second-order valence-electron chi connectivity index (χ2n) is 2.88. The molecule has 0 aliphatic carbocycles. The van der Waals surface area contributed by atoms with Gasteiger partial charge < -0.3 is 10.8 Å². The number of carbonyl (C=O) groups is 1. The number of hydrogen-bond acceptors (Lipinski definition) is 4. The van der Waals surface area contributed by atoms with Gasteiger partial charge in [0.25, 0.3) is 0 Å². The largest absolute Gasteiger partial charge is 0.388 e. The highest BCUT2D eigenvalue weighted by Crippen LogP contribution is 2.18. The zero-order valence-corrected chi connectivity index (χ0v) is 8.12. The summed E-state index contributed by atoms with van der Waals surface area (Å²) in [5, 5.41) is 10.9. The molecule has 0 unspecified atom stereocenters. The fourth-order valence-electron chi connectivity index (χ4n) is 1.35. The fraction of sp³-hybridized carbons (Fsp3) is 0.250. The van der Waals surface area contributed by atoms with Gasteiger partial charge in [-0.3, -0.25) is 9.20 Å². The fourth-order valence-corrected chi connectivity index (χ4v) is 2.24. The molecule has 3 N–H and O–H groups in total. The van der Waals surface area contributed by atoms with E-state index in [2.05, 4.69) is 4.98 Å². The number of aliphatic hydroxyl groups excluding tert-OH is 1. The summed E-state index contributed by atoms with van der Waals surface area (Å²) in [6.45, 7) is -0.142. The number of amides is 1. The molecule has 0 radical (unpaired) electrons. The Labute approximate surface area is 83.8 Å². The number of hydrogen-bond donors (Lipinski definition) is 2. The van der Waals surface area contributed by atoms with Gasteiger partial charge in [0, 0.05) is 11.1 Å². The third-order valence-electron chi connectivity index (χ3n) is 1.90. The maximum Gasteiger partial charge on any atom is 0.223 e. The van der Waals surface area contributed by atoms with Gasteiger partial charge in [-0.2, -0.15) is 0 Å². The van der Waals surface area contributed by atoms with Crippen molar-refractivity contribution in [1.29, 1.82) is 0 Å². The molecule has 5 nitrogen and oxygen atoms in total. The Hall–Kier alpha value is -1.40. The summed E-state index contributed by atoms with van der Waals surface area (Å²) < 4.78 is 1.76. The van der Waals surface area contributed by atoms with Crippen molar-refractivity contribution < 1.29 is 9.90 Å². The summed E-state index contributed by atoms with van der Waals surface area (Å²) in [7, 11) is 0. The van der Waals surface area contributed by atoms with Crippen LogP contribution >= 0.6 is 11.3 Å². The van der Waals surface area contributed by atoms with Gasteiger partial charge in [-0.1, -0.05) is 0 Å². The highest BCUT2D eigenvalue weighted by Gasteiger charge is 2.10. The topological polar surface area (TPSA) is 80.6 Å². The first-order chi connectivity index (χ1) is 6.72. The van der Waals surface area contributed by atoms with E-state index >= 15 is 0 Å². The Morgan fingerprint density at radius 2 is 2.50 bits per heavy atom. The van der Waals surface area contributed by atoms with Crippen LogP contribution in [0.25, 0.3) is 4.83 Å². The first-order valence-electron chi connectivity index (χ1n) is 4.04. The summed E-state index contributed by atoms with van der Waals surface area (Å²) in [5.74, 6) is 0.153. The second-order valence-corrected chi connectivity index (χ2v) is 3.77. The molecule has 0 aliphatic heterocycles. The van der Waals surface area contributed by atoms with Crippen LogP contribution in [0.4, 0.5) is 0 Å². The van der Waals surface area contributed by atoms with E-state index in [4.69, 9.17) is 10.8 Å². The maximum absolute atomic E-state index is 10.8. The number of nitrogens with two attached hydrogens (primary N) is 1. The number of carbonyl (C=O) groups excluding carboxylic acids is 1. The SMILES string of the molecule is NC(=O)Cc1csc2cnc(CO)n12. The quantitative estimate of drug-likeness (QED) is 0.744. The lowest BCUT2D eigenvalue weighted by molar-refractivity contribution is -0.117. The van der Waals surface area contributed by atoms with Gasteiger partial charge in [-0.15, -0.1) is 11.3 Å². The minimum absolute atomic E-state index is 0.142. The van der Waals surface area contributed by atoms with Crippen molar-refractivity contribution >= 4 is 22.1 Å². The van der Waals surface area contributed by atoms with Gasteiger partial charge in [0.15, 0.2) is 0 Å². The Kier molecular flexibility index (Phi) is 2.22. The Morgan fingerprint density at radius 1 is 1.71 bits per heavy atom. The lowest BCUT2D eigenvalue weighted by Gasteiger charge is -1.98. The molecule has 2 aromatic rings. The molecular formula is C8H9N3O2S. The number of aromatic nitrogens is 2. The van der Waals surface area contributed by atoms with Crippen molar-refractivity contribution in [1.82, 2.24) is 9.38 Å². The molecule has 74 valence electrons. The van der Waals surface area contributed by atoms with E-state index in [-0.39, 0.29) is 18.9 Å². The highest BCUT2D eigenvalue weighted by molar-refractivity contribution is 7.15. The van der Waals surface area contributed by atoms with Crippen LogP contribution in [0.3, 0.4) is 0 Å². The number of aliphatic hydroxyl groups is 1. The van der Waals surface area contributed by atoms with Crippen molar-refractivity contribution in [2.24, 2.45) is 5.73 Å². The van der Waals surface area contributed by atoms with E-state index in [1.165, 1.54) is 11.3 Å². The molecule has 2 rings (SSSR count). The normalized spacial score (nSPS) is 10.9. The molecule has 0 atom stereocenters. The average molecular weight is 211 g/mol. The first-order valence-corrected chi connectivity index (χ1v) is 4.92. The molecule has 1 amide bonds. The van der Waals surface area contributed by atoms with Crippen LogP contribution in [0.1, 0.15) is 11.5 Å². The third kappa shape index (κ3) is 1.38. The minimum atomic E-state index is -0.387. The standard InChI is InChI=1S/C8H9N3O2S/c9-6(13)1-5-4-14-8-2-10-7(3-12)11(5)8/h2,4,12H,1,3H2,(H2,9,13). The zero-order chi connectivity index (χ0) is 10.1. The Morgan fingerprint density at radius 3 is 3.14 bits per heavy atom. The van der Waals surface area contributed by atoms with Crippen LogP contribution < -0.4 is 5.73 Å². The summed E-state index contributed by atoms with van der Waals surface area (Å²) in [4.78, 5) is 15.7. The van der Waals surface area contributed by atoms with E-state index in [0.717, 1.165) is 10.5 Å². The van der Waals surface area contributed by atoms with Crippen molar-refractivity contribution in [3.8, 4) is 0 Å². The number of rotatable bonds is 3. The molecule has 0 aliphatic rings. The van der Waals surface area contributed by atoms with Crippen LogP contribution in [0.5, 0.6) is 0 Å². The first kappa shape index (κ1) is 9.17. The molecule has 0 fully saturated rings. The molecule has 0 saturated heterocycles. The Balaban J connectivity index is 2.53. The number of imidazole rings is 1. The predicted molar refractivity (Wildman–Crippen MR) is 51.9 cm³/mol. The van der Waals surface area contributed by atoms with Crippen LogP contribution in [0.2, 0.25) is 0 Å². The van der Waals surface area contributed by atoms with Gasteiger partial charge in [0.1, 0.15) is 17.3 Å². The van der Waals surface area contributed by atoms with Crippen LogP contribution in [-0.4, -0.2) is 20.4 Å². The Bertz CT molecular complexity index is 474. The van der Waals surface area contributed by atoms with Crippen molar-refractivity contribution in [3.63, 3.8) is 0 Å². The molecule has 0 spiro atoms. The van der Waals surface area contributed by atoms with E-state index < -0.39 is 0 Å². The highest BCUT2D eigenvalue weighted by atomic mass is 32.1. The number of nitrogens with zero attached hydrogens (tertiary/aromatic N) is 2. The molecular weight excluding hydrogens is 202 g/mol. The lowest BCUT2D eigenvalue weighted by Crippen LogP contribution is -2.15. The molecule has 0 aromatic carbocycles. The smallest absolute Gasteiger partial charge is 0.223 e. The molecule has 0 saturated carbocycles. The molecule has 6 heteroatoms.